The molecule has 1 aromatic heterocycles. The Kier molecular flexibility index (Phi) is 5.14. The Morgan fingerprint density at radius 3 is 2.52 bits per heavy atom. The lowest BCUT2D eigenvalue weighted by atomic mass is 10.0. The first-order valence-electron chi connectivity index (χ1n) is 9.79. The van der Waals surface area contributed by atoms with Gasteiger partial charge in [0, 0.05) is 12.1 Å². The van der Waals surface area contributed by atoms with E-state index in [1.54, 1.807) is 7.11 Å². The topological polar surface area (TPSA) is 39.1 Å². The Morgan fingerprint density at radius 1 is 1.00 bits per heavy atom. The molecule has 0 bridgehead atoms. The number of benzene rings is 2. The minimum absolute atomic E-state index is 0.903. The molecular weight excluding hydrogens is 334 g/mol. The maximum absolute atomic E-state index is 5.26. The first kappa shape index (κ1) is 17.7. The van der Waals surface area contributed by atoms with Crippen LogP contribution in [-0.2, 0) is 19.3 Å². The third-order valence-electron chi connectivity index (χ3n) is 5.30. The van der Waals surface area contributed by atoms with Crippen molar-refractivity contribution in [2.24, 2.45) is 0 Å². The molecule has 1 aliphatic rings. The summed E-state index contributed by atoms with van der Waals surface area (Å²) < 4.78 is 7.36. The van der Waals surface area contributed by atoms with Crippen molar-refractivity contribution >= 4 is 5.82 Å². The molecule has 0 atom stereocenters. The van der Waals surface area contributed by atoms with Gasteiger partial charge in [0.25, 0.3) is 0 Å². The van der Waals surface area contributed by atoms with Gasteiger partial charge < -0.3 is 10.1 Å². The van der Waals surface area contributed by atoms with Gasteiger partial charge in [0.2, 0.25) is 0 Å². The Balaban J connectivity index is 1.62. The summed E-state index contributed by atoms with van der Waals surface area (Å²) in [7, 11) is 1.70. The van der Waals surface area contributed by atoms with E-state index in [0.717, 1.165) is 37.2 Å². The molecule has 1 N–H and O–H groups in total. The molecule has 0 unspecified atom stereocenters. The van der Waals surface area contributed by atoms with Crippen LogP contribution >= 0.6 is 0 Å². The number of hydrogen-bond acceptors (Lipinski definition) is 3. The Bertz CT molecular complexity index is 895. The number of rotatable bonds is 5. The lowest BCUT2D eigenvalue weighted by Crippen LogP contribution is -2.07. The van der Waals surface area contributed by atoms with Gasteiger partial charge in [-0.05, 0) is 68.9 Å². The molecule has 0 fully saturated rings. The predicted molar refractivity (Wildman–Crippen MR) is 110 cm³/mol. The molecule has 4 nitrogen and oxygen atoms in total. The van der Waals surface area contributed by atoms with Gasteiger partial charge in [0.1, 0.15) is 11.6 Å². The highest BCUT2D eigenvalue weighted by atomic mass is 16.5. The van der Waals surface area contributed by atoms with E-state index in [0.29, 0.717) is 0 Å². The molecule has 0 spiro atoms. The van der Waals surface area contributed by atoms with E-state index < -0.39 is 0 Å². The van der Waals surface area contributed by atoms with Gasteiger partial charge in [-0.2, -0.15) is 5.10 Å². The Morgan fingerprint density at radius 2 is 1.78 bits per heavy atom. The number of anilines is 1. The fraction of sp³-hybridized carbons (Fsp3) is 0.348. The third kappa shape index (κ3) is 3.85. The van der Waals surface area contributed by atoms with Gasteiger partial charge in [-0.15, -0.1) is 0 Å². The maximum atomic E-state index is 5.26. The Hall–Kier alpha value is -2.75. The summed E-state index contributed by atoms with van der Waals surface area (Å²) in [5.74, 6) is 2.08. The predicted octanol–water partition coefficient (Wildman–Crippen LogP) is 4.72. The molecule has 0 saturated carbocycles. The number of ether oxygens (including phenoxy) is 1. The number of hydrogen-bond donors (Lipinski definition) is 1. The van der Waals surface area contributed by atoms with Crippen LogP contribution in [0.2, 0.25) is 0 Å². The molecular formula is C23H27N3O. The molecule has 0 amide bonds. The van der Waals surface area contributed by atoms with Gasteiger partial charge in [-0.25, -0.2) is 4.68 Å². The van der Waals surface area contributed by atoms with Crippen LogP contribution in [0.25, 0.3) is 5.69 Å². The fourth-order valence-electron chi connectivity index (χ4n) is 3.70. The van der Waals surface area contributed by atoms with E-state index in [1.807, 2.05) is 12.1 Å². The standard InChI is InChI=1S/C23H27N3O/c1-17-6-11-19(12-7-17)26-23-21(5-3-4-16-24-23)22(25-26)15-10-18-8-13-20(27-2)14-9-18/h6-9,11-14,24H,3-5,10,15-16H2,1-2H3. The van der Waals surface area contributed by atoms with E-state index in [4.69, 9.17) is 9.84 Å². The molecule has 0 aliphatic carbocycles. The van der Waals surface area contributed by atoms with Crippen LogP contribution in [0.4, 0.5) is 5.82 Å². The van der Waals surface area contributed by atoms with E-state index in [1.165, 1.54) is 41.0 Å². The van der Waals surface area contributed by atoms with Crippen LogP contribution in [0.1, 0.15) is 35.2 Å². The number of methoxy groups -OCH3 is 1. The minimum Gasteiger partial charge on any atom is -0.497 e. The zero-order valence-corrected chi connectivity index (χ0v) is 16.2. The number of aryl methyl sites for hydroxylation is 3. The molecule has 140 valence electrons. The van der Waals surface area contributed by atoms with Crippen molar-refractivity contribution in [2.75, 3.05) is 19.0 Å². The van der Waals surface area contributed by atoms with Crippen LogP contribution in [-0.4, -0.2) is 23.4 Å². The van der Waals surface area contributed by atoms with E-state index in [2.05, 4.69) is 53.3 Å². The van der Waals surface area contributed by atoms with Crippen molar-refractivity contribution in [3.63, 3.8) is 0 Å². The average Bonchev–Trinajstić information content (AvgIpc) is 2.88. The van der Waals surface area contributed by atoms with Crippen LogP contribution < -0.4 is 10.1 Å². The highest BCUT2D eigenvalue weighted by Crippen LogP contribution is 2.29. The first-order chi connectivity index (χ1) is 13.2. The van der Waals surface area contributed by atoms with E-state index >= 15 is 0 Å². The second-order valence-corrected chi connectivity index (χ2v) is 7.25. The summed E-state index contributed by atoms with van der Waals surface area (Å²) in [6, 6.07) is 17.0. The Labute approximate surface area is 161 Å². The second kappa shape index (κ2) is 7.87. The lowest BCUT2D eigenvalue weighted by molar-refractivity contribution is 0.414. The van der Waals surface area contributed by atoms with Crippen LogP contribution in [0.5, 0.6) is 5.75 Å². The maximum Gasteiger partial charge on any atom is 0.133 e. The summed E-state index contributed by atoms with van der Waals surface area (Å²) in [6.07, 6.45) is 5.47. The highest BCUT2D eigenvalue weighted by molar-refractivity contribution is 5.54. The molecule has 4 heteroatoms. The molecule has 0 radical (unpaired) electrons. The largest absolute Gasteiger partial charge is 0.497 e. The van der Waals surface area contributed by atoms with E-state index in [-0.39, 0.29) is 0 Å². The molecule has 2 heterocycles. The van der Waals surface area contributed by atoms with Gasteiger partial charge in [-0.1, -0.05) is 29.8 Å². The zero-order valence-electron chi connectivity index (χ0n) is 16.2. The van der Waals surface area contributed by atoms with Crippen LogP contribution in [0.15, 0.2) is 48.5 Å². The van der Waals surface area contributed by atoms with Gasteiger partial charge in [0.15, 0.2) is 0 Å². The van der Waals surface area contributed by atoms with Crippen molar-refractivity contribution in [3.05, 3.63) is 70.9 Å². The van der Waals surface area contributed by atoms with E-state index in [9.17, 15) is 0 Å². The summed E-state index contributed by atoms with van der Waals surface area (Å²) in [5, 5.41) is 8.64. The lowest BCUT2D eigenvalue weighted by Gasteiger charge is -2.09. The molecule has 0 saturated heterocycles. The van der Waals surface area contributed by atoms with Crippen LogP contribution in [0.3, 0.4) is 0 Å². The molecule has 27 heavy (non-hydrogen) atoms. The first-order valence-corrected chi connectivity index (χ1v) is 9.79. The van der Waals surface area contributed by atoms with Crippen molar-refractivity contribution in [1.29, 1.82) is 0 Å². The number of fused-ring (bicyclic) bond motifs is 1. The number of nitrogens with zero attached hydrogens (tertiary/aromatic N) is 2. The van der Waals surface area contributed by atoms with Gasteiger partial charge >= 0.3 is 0 Å². The van der Waals surface area contributed by atoms with Gasteiger partial charge in [0.05, 0.1) is 18.5 Å². The summed E-state index contributed by atoms with van der Waals surface area (Å²) >= 11 is 0. The monoisotopic (exact) mass is 361 g/mol. The SMILES string of the molecule is COc1ccc(CCc2nn(-c3ccc(C)cc3)c3c2CCCCN3)cc1. The summed E-state index contributed by atoms with van der Waals surface area (Å²) in [4.78, 5) is 0. The zero-order chi connectivity index (χ0) is 18.6. The fourth-order valence-corrected chi connectivity index (χ4v) is 3.70. The smallest absolute Gasteiger partial charge is 0.133 e. The van der Waals surface area contributed by atoms with Gasteiger partial charge in [-0.3, -0.25) is 0 Å². The number of nitrogens with one attached hydrogen (secondary N) is 1. The molecule has 3 aromatic rings. The van der Waals surface area contributed by atoms with Crippen LogP contribution in [0, 0.1) is 6.92 Å². The van der Waals surface area contributed by atoms with Crippen molar-refractivity contribution in [3.8, 4) is 11.4 Å². The third-order valence-corrected chi connectivity index (χ3v) is 5.30. The highest BCUT2D eigenvalue weighted by Gasteiger charge is 2.20. The average molecular weight is 361 g/mol. The summed E-state index contributed by atoms with van der Waals surface area (Å²) in [5.41, 5.74) is 6.32. The number of aromatic nitrogens is 2. The quantitative estimate of drug-likeness (QED) is 0.714. The minimum atomic E-state index is 0.903. The van der Waals surface area contributed by atoms with Crippen molar-refractivity contribution in [2.45, 2.75) is 39.0 Å². The second-order valence-electron chi connectivity index (χ2n) is 7.25. The van der Waals surface area contributed by atoms with Crippen molar-refractivity contribution < 1.29 is 4.74 Å². The molecule has 2 aromatic carbocycles. The summed E-state index contributed by atoms with van der Waals surface area (Å²) in [6.45, 7) is 3.13. The normalized spacial score (nSPS) is 13.6. The van der Waals surface area contributed by atoms with Crippen molar-refractivity contribution in [1.82, 2.24) is 9.78 Å². The molecule has 4 rings (SSSR count). The molecule has 1 aliphatic heterocycles.